The largest absolute Gasteiger partial charge is 0.494 e. The Bertz CT molecular complexity index is 671. The van der Waals surface area contributed by atoms with Crippen LogP contribution in [0.3, 0.4) is 0 Å². The topological polar surface area (TPSA) is 89.5 Å². The summed E-state index contributed by atoms with van der Waals surface area (Å²) in [5.41, 5.74) is 0.772. The molecule has 1 aromatic carbocycles. The molecule has 0 radical (unpaired) electrons. The number of ether oxygens (including phenoxy) is 2. The van der Waals surface area contributed by atoms with Crippen molar-refractivity contribution in [1.82, 2.24) is 10.3 Å². The van der Waals surface area contributed by atoms with E-state index in [0.717, 1.165) is 16.0 Å². The number of aromatic nitrogens is 1. The van der Waals surface area contributed by atoms with Crippen LogP contribution in [-0.2, 0) is 9.53 Å². The molecule has 0 bridgehead atoms. The minimum Gasteiger partial charge on any atom is -0.494 e. The molecule has 2 rings (SSSR count). The van der Waals surface area contributed by atoms with Crippen LogP contribution in [0.4, 0.5) is 9.93 Å². The first-order valence-corrected chi connectivity index (χ1v) is 7.68. The SMILES string of the molecule is CCOC(=O)CNC(=O)Nc1nc2ccc(OCC)cc2s1. The van der Waals surface area contributed by atoms with E-state index in [1.54, 1.807) is 6.92 Å². The summed E-state index contributed by atoms with van der Waals surface area (Å²) >= 11 is 1.33. The maximum atomic E-state index is 11.7. The second-order valence-electron chi connectivity index (χ2n) is 4.19. The maximum absolute atomic E-state index is 11.7. The first kappa shape index (κ1) is 16.0. The van der Waals surface area contributed by atoms with Gasteiger partial charge in [0.05, 0.1) is 23.4 Å². The lowest BCUT2D eigenvalue weighted by atomic mass is 10.3. The highest BCUT2D eigenvalue weighted by Gasteiger charge is 2.10. The van der Waals surface area contributed by atoms with Gasteiger partial charge in [-0.25, -0.2) is 9.78 Å². The van der Waals surface area contributed by atoms with E-state index < -0.39 is 12.0 Å². The normalized spacial score (nSPS) is 10.3. The minimum absolute atomic E-state index is 0.181. The average molecular weight is 323 g/mol. The van der Waals surface area contributed by atoms with Crippen LogP contribution in [0.2, 0.25) is 0 Å². The summed E-state index contributed by atoms with van der Waals surface area (Å²) in [4.78, 5) is 27.1. The molecule has 0 aliphatic carbocycles. The Balaban J connectivity index is 1.96. The van der Waals surface area contributed by atoms with Gasteiger partial charge in [-0.05, 0) is 32.0 Å². The van der Waals surface area contributed by atoms with Crippen LogP contribution in [-0.4, -0.2) is 36.7 Å². The second kappa shape index (κ2) is 7.60. The van der Waals surface area contributed by atoms with Crippen molar-refractivity contribution in [3.8, 4) is 5.75 Å². The van der Waals surface area contributed by atoms with Crippen molar-refractivity contribution in [1.29, 1.82) is 0 Å². The lowest BCUT2D eigenvalue weighted by Crippen LogP contribution is -2.34. The fraction of sp³-hybridized carbons (Fsp3) is 0.357. The first-order chi connectivity index (χ1) is 10.6. The molecule has 1 aromatic heterocycles. The van der Waals surface area contributed by atoms with Crippen LogP contribution in [0, 0.1) is 0 Å². The summed E-state index contributed by atoms with van der Waals surface area (Å²) in [5.74, 6) is 0.278. The summed E-state index contributed by atoms with van der Waals surface area (Å²) in [6.45, 7) is 4.31. The highest BCUT2D eigenvalue weighted by Crippen LogP contribution is 2.29. The Morgan fingerprint density at radius 3 is 2.82 bits per heavy atom. The van der Waals surface area contributed by atoms with E-state index in [-0.39, 0.29) is 13.2 Å². The molecule has 1 heterocycles. The molecule has 0 spiro atoms. The summed E-state index contributed by atoms with van der Waals surface area (Å²) in [6, 6.07) is 5.03. The molecule has 2 amide bonds. The highest BCUT2D eigenvalue weighted by molar-refractivity contribution is 7.22. The molecular weight excluding hydrogens is 306 g/mol. The van der Waals surface area contributed by atoms with Gasteiger partial charge in [0, 0.05) is 0 Å². The molecule has 0 atom stereocenters. The molecule has 0 saturated heterocycles. The zero-order valence-electron chi connectivity index (χ0n) is 12.3. The van der Waals surface area contributed by atoms with Crippen molar-refractivity contribution < 1.29 is 19.1 Å². The molecule has 2 aromatic rings. The number of amides is 2. The van der Waals surface area contributed by atoms with Crippen molar-refractivity contribution in [2.75, 3.05) is 25.1 Å². The number of thiazole rings is 1. The minimum atomic E-state index is -0.503. The number of rotatable bonds is 6. The lowest BCUT2D eigenvalue weighted by Gasteiger charge is -2.04. The zero-order valence-corrected chi connectivity index (χ0v) is 13.2. The Morgan fingerprint density at radius 2 is 2.09 bits per heavy atom. The van der Waals surface area contributed by atoms with E-state index in [1.165, 1.54) is 11.3 Å². The quantitative estimate of drug-likeness (QED) is 0.797. The van der Waals surface area contributed by atoms with E-state index in [2.05, 4.69) is 15.6 Å². The van der Waals surface area contributed by atoms with Gasteiger partial charge >= 0.3 is 12.0 Å². The molecule has 8 heteroatoms. The van der Waals surface area contributed by atoms with Gasteiger partial charge in [-0.15, -0.1) is 0 Å². The summed E-state index contributed by atoms with van der Waals surface area (Å²) < 4.78 is 11.0. The number of benzene rings is 1. The molecular formula is C14H17N3O4S. The van der Waals surface area contributed by atoms with Crippen molar-refractivity contribution in [2.24, 2.45) is 0 Å². The highest BCUT2D eigenvalue weighted by atomic mass is 32.1. The van der Waals surface area contributed by atoms with Gasteiger partial charge in [0.2, 0.25) is 0 Å². The Morgan fingerprint density at radius 1 is 1.27 bits per heavy atom. The number of nitrogens with zero attached hydrogens (tertiary/aromatic N) is 1. The predicted molar refractivity (Wildman–Crippen MR) is 84.4 cm³/mol. The van der Waals surface area contributed by atoms with Crippen LogP contribution in [0.5, 0.6) is 5.75 Å². The van der Waals surface area contributed by atoms with E-state index in [9.17, 15) is 9.59 Å². The van der Waals surface area contributed by atoms with Gasteiger partial charge in [0.1, 0.15) is 12.3 Å². The molecule has 0 aliphatic heterocycles. The molecule has 2 N–H and O–H groups in total. The van der Waals surface area contributed by atoms with E-state index in [4.69, 9.17) is 9.47 Å². The van der Waals surface area contributed by atoms with Gasteiger partial charge in [-0.1, -0.05) is 11.3 Å². The monoisotopic (exact) mass is 323 g/mol. The molecule has 0 fully saturated rings. The number of hydrogen-bond donors (Lipinski definition) is 2. The average Bonchev–Trinajstić information content (AvgIpc) is 2.87. The summed E-state index contributed by atoms with van der Waals surface area (Å²) in [7, 11) is 0. The van der Waals surface area contributed by atoms with E-state index in [1.807, 2.05) is 25.1 Å². The Kier molecular flexibility index (Phi) is 5.54. The van der Waals surface area contributed by atoms with Crippen LogP contribution in [0.1, 0.15) is 13.8 Å². The molecule has 0 unspecified atom stereocenters. The van der Waals surface area contributed by atoms with Gasteiger partial charge in [0.15, 0.2) is 5.13 Å². The van der Waals surface area contributed by atoms with E-state index >= 15 is 0 Å². The van der Waals surface area contributed by atoms with Crippen molar-refractivity contribution in [2.45, 2.75) is 13.8 Å². The Hall–Kier alpha value is -2.35. The number of fused-ring (bicyclic) bond motifs is 1. The van der Waals surface area contributed by atoms with Crippen molar-refractivity contribution >= 4 is 38.7 Å². The Labute approximate surface area is 131 Å². The fourth-order valence-corrected chi connectivity index (χ4v) is 2.61. The number of hydrogen-bond acceptors (Lipinski definition) is 6. The molecule has 7 nitrogen and oxygen atoms in total. The lowest BCUT2D eigenvalue weighted by molar-refractivity contribution is -0.141. The van der Waals surface area contributed by atoms with Crippen LogP contribution in [0.15, 0.2) is 18.2 Å². The van der Waals surface area contributed by atoms with Gasteiger partial charge in [-0.3, -0.25) is 10.1 Å². The standard InChI is InChI=1S/C14H17N3O4S/c1-3-20-9-5-6-10-11(7-9)22-14(16-10)17-13(19)15-8-12(18)21-4-2/h5-7H,3-4,8H2,1-2H3,(H2,15,16,17,19). The second-order valence-corrected chi connectivity index (χ2v) is 5.22. The zero-order chi connectivity index (χ0) is 15.9. The van der Waals surface area contributed by atoms with Gasteiger partial charge < -0.3 is 14.8 Å². The van der Waals surface area contributed by atoms with Crippen LogP contribution < -0.4 is 15.4 Å². The third-order valence-electron chi connectivity index (χ3n) is 2.59. The third kappa shape index (κ3) is 4.32. The number of carbonyl (C=O) groups is 2. The smallest absolute Gasteiger partial charge is 0.325 e. The molecule has 118 valence electrons. The molecule has 0 saturated carbocycles. The predicted octanol–water partition coefficient (Wildman–Crippen LogP) is 2.38. The number of carbonyl (C=O) groups excluding carboxylic acids is 2. The van der Waals surface area contributed by atoms with Gasteiger partial charge in [-0.2, -0.15) is 0 Å². The number of anilines is 1. The van der Waals surface area contributed by atoms with Gasteiger partial charge in [0.25, 0.3) is 0 Å². The van der Waals surface area contributed by atoms with Crippen LogP contribution >= 0.6 is 11.3 Å². The number of nitrogens with one attached hydrogen (secondary N) is 2. The first-order valence-electron chi connectivity index (χ1n) is 6.86. The number of esters is 1. The van der Waals surface area contributed by atoms with Crippen LogP contribution in [0.25, 0.3) is 10.2 Å². The third-order valence-corrected chi connectivity index (χ3v) is 3.52. The number of urea groups is 1. The molecule has 0 aliphatic rings. The molecule has 22 heavy (non-hydrogen) atoms. The maximum Gasteiger partial charge on any atom is 0.325 e. The van der Waals surface area contributed by atoms with Crippen molar-refractivity contribution in [3.63, 3.8) is 0 Å². The van der Waals surface area contributed by atoms with E-state index in [0.29, 0.717) is 11.7 Å². The fourth-order valence-electron chi connectivity index (χ4n) is 1.72. The van der Waals surface area contributed by atoms with Crippen molar-refractivity contribution in [3.05, 3.63) is 18.2 Å². The summed E-state index contributed by atoms with van der Waals surface area (Å²) in [5, 5.41) is 5.45. The summed E-state index contributed by atoms with van der Waals surface area (Å²) in [6.07, 6.45) is 0.